The first-order valence-electron chi connectivity index (χ1n) is 5.46. The highest BCUT2D eigenvalue weighted by molar-refractivity contribution is 9.09. The fraction of sp³-hybridized carbons (Fsp3) is 0.545. The van der Waals surface area contributed by atoms with E-state index in [9.17, 15) is 9.59 Å². The second-order valence-corrected chi connectivity index (χ2v) is 6.31. The minimum Gasteiger partial charge on any atom is -0.477 e. The van der Waals surface area contributed by atoms with Crippen LogP contribution in [-0.4, -0.2) is 49.6 Å². The highest BCUT2D eigenvalue weighted by Crippen LogP contribution is 2.42. The molecule has 1 unspecified atom stereocenters. The Labute approximate surface area is 117 Å². The monoisotopic (exact) mass is 332 g/mol. The van der Waals surface area contributed by atoms with E-state index in [1.54, 1.807) is 17.8 Å². The third-order valence-corrected chi connectivity index (χ3v) is 5.23. The van der Waals surface area contributed by atoms with Crippen LogP contribution in [0.5, 0.6) is 0 Å². The standard InChI is InChI=1S/C11H13BrN2O3S/c1-5(2)13-8-9(15)14-7(11(16)17)3-6(4-12)18-10(8)14/h3,6,8,10H,4H2,1-2H3,(H,16,17)/t6?,8-,10-/m1/s1. The van der Waals surface area contributed by atoms with Gasteiger partial charge in [-0.05, 0) is 19.9 Å². The van der Waals surface area contributed by atoms with E-state index < -0.39 is 12.0 Å². The predicted molar refractivity (Wildman–Crippen MR) is 74.1 cm³/mol. The molecular weight excluding hydrogens is 320 g/mol. The summed E-state index contributed by atoms with van der Waals surface area (Å²) < 4.78 is 0. The molecule has 0 spiro atoms. The lowest BCUT2D eigenvalue weighted by Crippen LogP contribution is -2.64. The van der Waals surface area contributed by atoms with Crippen LogP contribution in [0.1, 0.15) is 13.8 Å². The zero-order chi connectivity index (χ0) is 13.4. The van der Waals surface area contributed by atoms with E-state index in [0.29, 0.717) is 5.33 Å². The smallest absolute Gasteiger partial charge is 0.352 e. The first-order chi connectivity index (χ1) is 8.45. The number of thioether (sulfide) groups is 1. The fourth-order valence-electron chi connectivity index (χ4n) is 1.97. The van der Waals surface area contributed by atoms with Crippen LogP contribution in [0.3, 0.4) is 0 Å². The van der Waals surface area contributed by atoms with Gasteiger partial charge in [-0.1, -0.05) is 15.9 Å². The summed E-state index contributed by atoms with van der Waals surface area (Å²) in [5.74, 6) is -1.29. The van der Waals surface area contributed by atoms with Gasteiger partial charge in [-0.25, -0.2) is 4.79 Å². The Morgan fingerprint density at radius 1 is 1.61 bits per heavy atom. The molecule has 18 heavy (non-hydrogen) atoms. The first-order valence-corrected chi connectivity index (χ1v) is 7.52. The number of aliphatic imine (C=N–C) groups is 1. The molecular formula is C11H13BrN2O3S. The molecule has 5 nitrogen and oxygen atoms in total. The number of fused-ring (bicyclic) bond motifs is 1. The molecule has 98 valence electrons. The Morgan fingerprint density at radius 3 is 2.78 bits per heavy atom. The first kappa shape index (κ1) is 13.6. The van der Waals surface area contributed by atoms with Gasteiger partial charge in [-0.3, -0.25) is 14.7 Å². The molecule has 1 N–H and O–H groups in total. The minimum atomic E-state index is -1.06. The van der Waals surface area contributed by atoms with Crippen LogP contribution in [0.4, 0.5) is 0 Å². The van der Waals surface area contributed by atoms with Gasteiger partial charge in [-0.2, -0.15) is 0 Å². The van der Waals surface area contributed by atoms with Gasteiger partial charge in [-0.15, -0.1) is 11.8 Å². The number of rotatable bonds is 3. The Balaban J connectivity index is 2.29. The van der Waals surface area contributed by atoms with Crippen molar-refractivity contribution in [2.24, 2.45) is 4.99 Å². The number of hydrogen-bond donors (Lipinski definition) is 1. The van der Waals surface area contributed by atoms with E-state index in [1.807, 2.05) is 13.8 Å². The normalized spacial score (nSPS) is 30.2. The van der Waals surface area contributed by atoms with Gasteiger partial charge in [0.25, 0.3) is 5.91 Å². The maximum atomic E-state index is 11.9. The van der Waals surface area contributed by atoms with E-state index in [0.717, 1.165) is 5.71 Å². The molecule has 1 fully saturated rings. The second kappa shape index (κ2) is 5.05. The molecule has 7 heteroatoms. The summed E-state index contributed by atoms with van der Waals surface area (Å²) >= 11 is 4.91. The van der Waals surface area contributed by atoms with Gasteiger partial charge in [0, 0.05) is 16.3 Å². The molecule has 1 amide bonds. The summed E-state index contributed by atoms with van der Waals surface area (Å²) in [6, 6.07) is -0.440. The summed E-state index contributed by atoms with van der Waals surface area (Å²) in [4.78, 5) is 28.7. The van der Waals surface area contributed by atoms with Crippen molar-refractivity contribution in [3.8, 4) is 0 Å². The number of nitrogens with zero attached hydrogens (tertiary/aromatic N) is 2. The van der Waals surface area contributed by atoms with Crippen LogP contribution < -0.4 is 0 Å². The summed E-state index contributed by atoms with van der Waals surface area (Å²) in [6.07, 6.45) is 1.62. The average Bonchev–Trinajstić information content (AvgIpc) is 2.33. The molecule has 2 rings (SSSR count). The molecule has 2 aliphatic heterocycles. The Morgan fingerprint density at radius 2 is 2.28 bits per heavy atom. The van der Waals surface area contributed by atoms with Crippen molar-refractivity contribution >= 4 is 45.3 Å². The molecule has 3 atom stereocenters. The van der Waals surface area contributed by atoms with Crippen LogP contribution in [0, 0.1) is 0 Å². The van der Waals surface area contributed by atoms with Gasteiger partial charge in [0.05, 0.1) is 0 Å². The van der Waals surface area contributed by atoms with Gasteiger partial charge < -0.3 is 5.11 Å². The van der Waals surface area contributed by atoms with Crippen molar-refractivity contribution in [1.82, 2.24) is 4.90 Å². The van der Waals surface area contributed by atoms with Crippen molar-refractivity contribution in [3.63, 3.8) is 0 Å². The SMILES string of the molecule is CC(C)=N[C@@H]1C(=O)N2C(C(=O)O)=CC(CBr)S[C@H]12. The number of aliphatic carboxylic acids is 1. The van der Waals surface area contributed by atoms with Crippen molar-refractivity contribution in [1.29, 1.82) is 0 Å². The number of hydrogen-bond acceptors (Lipinski definition) is 4. The fourth-order valence-corrected chi connectivity index (χ4v) is 3.92. The Kier molecular flexibility index (Phi) is 3.82. The lowest BCUT2D eigenvalue weighted by molar-refractivity contribution is -0.147. The maximum Gasteiger partial charge on any atom is 0.352 e. The molecule has 0 aromatic heterocycles. The molecule has 0 aromatic rings. The van der Waals surface area contributed by atoms with Crippen molar-refractivity contribution in [2.75, 3.05) is 5.33 Å². The van der Waals surface area contributed by atoms with Gasteiger partial charge >= 0.3 is 5.97 Å². The van der Waals surface area contributed by atoms with Crippen LogP contribution in [-0.2, 0) is 9.59 Å². The van der Waals surface area contributed by atoms with Crippen molar-refractivity contribution in [3.05, 3.63) is 11.8 Å². The molecule has 0 radical (unpaired) electrons. The van der Waals surface area contributed by atoms with Crippen LogP contribution >= 0.6 is 27.7 Å². The van der Waals surface area contributed by atoms with Crippen LogP contribution in [0.25, 0.3) is 0 Å². The molecule has 2 heterocycles. The van der Waals surface area contributed by atoms with E-state index in [-0.39, 0.29) is 22.2 Å². The highest BCUT2D eigenvalue weighted by atomic mass is 79.9. The molecule has 0 aromatic carbocycles. The van der Waals surface area contributed by atoms with E-state index in [1.165, 1.54) is 4.90 Å². The lowest BCUT2D eigenvalue weighted by Gasteiger charge is -2.48. The van der Waals surface area contributed by atoms with E-state index in [4.69, 9.17) is 5.11 Å². The van der Waals surface area contributed by atoms with Gasteiger partial charge in [0.1, 0.15) is 11.1 Å². The van der Waals surface area contributed by atoms with Gasteiger partial charge in [0.2, 0.25) is 0 Å². The molecule has 0 saturated carbocycles. The zero-order valence-corrected chi connectivity index (χ0v) is 12.4. The molecule has 1 saturated heterocycles. The van der Waals surface area contributed by atoms with Crippen LogP contribution in [0.15, 0.2) is 16.8 Å². The molecule has 0 bridgehead atoms. The number of β-lactam (4-membered cyclic amide) rings is 1. The third-order valence-electron chi connectivity index (χ3n) is 2.70. The van der Waals surface area contributed by atoms with Crippen molar-refractivity contribution < 1.29 is 14.7 Å². The predicted octanol–water partition coefficient (Wildman–Crippen LogP) is 1.48. The largest absolute Gasteiger partial charge is 0.477 e. The number of halogens is 1. The zero-order valence-electron chi connectivity index (χ0n) is 9.96. The van der Waals surface area contributed by atoms with E-state index in [2.05, 4.69) is 20.9 Å². The summed E-state index contributed by atoms with van der Waals surface area (Å²) in [5, 5.41) is 9.67. The summed E-state index contributed by atoms with van der Waals surface area (Å²) in [7, 11) is 0. The quantitative estimate of drug-likeness (QED) is 0.483. The summed E-state index contributed by atoms with van der Waals surface area (Å²) in [6.45, 7) is 3.67. The second-order valence-electron chi connectivity index (χ2n) is 4.31. The lowest BCUT2D eigenvalue weighted by atomic mass is 10.1. The average molecular weight is 333 g/mol. The van der Waals surface area contributed by atoms with Crippen LogP contribution in [0.2, 0.25) is 0 Å². The Hall–Kier alpha value is -0.820. The number of carbonyl (C=O) groups is 2. The Bertz CT molecular complexity index is 459. The number of carbonyl (C=O) groups excluding carboxylic acids is 1. The minimum absolute atomic E-state index is 0.0558. The number of carboxylic acid groups (broad SMARTS) is 1. The van der Waals surface area contributed by atoms with Crippen molar-refractivity contribution in [2.45, 2.75) is 30.5 Å². The number of alkyl halides is 1. The van der Waals surface area contributed by atoms with E-state index >= 15 is 0 Å². The topological polar surface area (TPSA) is 70.0 Å². The van der Waals surface area contributed by atoms with Gasteiger partial charge in [0.15, 0.2) is 6.04 Å². The summed E-state index contributed by atoms with van der Waals surface area (Å²) in [5.41, 5.74) is 0.906. The highest BCUT2D eigenvalue weighted by Gasteiger charge is 2.53. The number of carboxylic acids is 1. The number of amides is 1. The molecule has 0 aliphatic carbocycles. The molecule has 2 aliphatic rings. The maximum absolute atomic E-state index is 11.9. The third kappa shape index (κ3) is 2.21.